The summed E-state index contributed by atoms with van der Waals surface area (Å²) in [5.74, 6) is 0.243. The number of nitrogen functional groups attached to an aromatic ring is 1. The molecule has 1 saturated heterocycles. The van der Waals surface area contributed by atoms with Gasteiger partial charge in [0.05, 0.1) is 11.2 Å². The van der Waals surface area contributed by atoms with Gasteiger partial charge >= 0.3 is 7.12 Å². The van der Waals surface area contributed by atoms with Crippen LogP contribution in [-0.2, 0) is 9.31 Å². The molecular formula is C13H17BClN5O2. The van der Waals surface area contributed by atoms with Crippen molar-refractivity contribution < 1.29 is 9.31 Å². The van der Waals surface area contributed by atoms with Crippen LogP contribution in [0.1, 0.15) is 27.7 Å². The SMILES string of the molecule is CC1(C)OB(c2cnn(-c3cc(Cl)nnc3N)c2)OC1(C)C. The van der Waals surface area contributed by atoms with Crippen LogP contribution in [0.25, 0.3) is 5.69 Å². The van der Waals surface area contributed by atoms with Gasteiger partial charge < -0.3 is 15.0 Å². The van der Waals surface area contributed by atoms with Crippen LogP contribution in [0.2, 0.25) is 5.15 Å². The molecule has 0 spiro atoms. The van der Waals surface area contributed by atoms with E-state index in [9.17, 15) is 0 Å². The Labute approximate surface area is 133 Å². The summed E-state index contributed by atoms with van der Waals surface area (Å²) < 4.78 is 13.6. The zero-order valence-corrected chi connectivity index (χ0v) is 13.6. The Morgan fingerprint density at radius 3 is 2.45 bits per heavy atom. The lowest BCUT2D eigenvalue weighted by molar-refractivity contribution is 0.00578. The highest BCUT2D eigenvalue weighted by Crippen LogP contribution is 2.36. The molecular weight excluding hydrogens is 304 g/mol. The Morgan fingerprint density at radius 1 is 1.18 bits per heavy atom. The highest BCUT2D eigenvalue weighted by molar-refractivity contribution is 6.62. The number of rotatable bonds is 2. The average molecular weight is 322 g/mol. The third-order valence-corrected chi connectivity index (χ3v) is 4.33. The predicted molar refractivity (Wildman–Crippen MR) is 84.3 cm³/mol. The number of halogens is 1. The molecule has 0 bridgehead atoms. The summed E-state index contributed by atoms with van der Waals surface area (Å²) in [5.41, 5.74) is 6.37. The maximum Gasteiger partial charge on any atom is 0.498 e. The molecule has 2 aromatic heterocycles. The van der Waals surface area contributed by atoms with Crippen molar-refractivity contribution in [3.8, 4) is 5.69 Å². The largest absolute Gasteiger partial charge is 0.498 e. The van der Waals surface area contributed by atoms with Gasteiger partial charge in [0, 0.05) is 23.9 Å². The molecule has 0 aliphatic carbocycles. The minimum absolute atomic E-state index is 0.243. The molecule has 0 radical (unpaired) electrons. The summed E-state index contributed by atoms with van der Waals surface area (Å²) >= 11 is 5.86. The lowest BCUT2D eigenvalue weighted by atomic mass is 9.82. The Kier molecular flexibility index (Phi) is 3.43. The average Bonchev–Trinajstić information content (AvgIpc) is 2.96. The summed E-state index contributed by atoms with van der Waals surface area (Å²) in [6, 6.07) is 1.60. The van der Waals surface area contributed by atoms with Gasteiger partial charge in [-0.05, 0) is 27.7 Å². The molecule has 1 fully saturated rings. The third kappa shape index (κ3) is 2.47. The van der Waals surface area contributed by atoms with Crippen molar-refractivity contribution in [1.29, 1.82) is 0 Å². The molecule has 0 atom stereocenters. The van der Waals surface area contributed by atoms with Crippen LogP contribution >= 0.6 is 11.6 Å². The van der Waals surface area contributed by atoms with E-state index in [1.807, 2.05) is 27.7 Å². The molecule has 9 heteroatoms. The van der Waals surface area contributed by atoms with E-state index in [2.05, 4.69) is 15.3 Å². The summed E-state index contributed by atoms with van der Waals surface area (Å²) in [7, 11) is -0.481. The molecule has 2 aromatic rings. The minimum Gasteiger partial charge on any atom is -0.399 e. The van der Waals surface area contributed by atoms with Gasteiger partial charge in [-0.25, -0.2) is 4.68 Å². The van der Waals surface area contributed by atoms with Crippen LogP contribution in [0.15, 0.2) is 18.5 Å². The summed E-state index contributed by atoms with van der Waals surface area (Å²) in [6.07, 6.45) is 3.46. The van der Waals surface area contributed by atoms with Crippen molar-refractivity contribution in [3.05, 3.63) is 23.6 Å². The molecule has 1 aliphatic rings. The van der Waals surface area contributed by atoms with E-state index in [1.54, 1.807) is 23.1 Å². The van der Waals surface area contributed by atoms with Gasteiger partial charge in [0.25, 0.3) is 0 Å². The van der Waals surface area contributed by atoms with Gasteiger partial charge in [-0.15, -0.1) is 10.2 Å². The molecule has 22 heavy (non-hydrogen) atoms. The van der Waals surface area contributed by atoms with E-state index >= 15 is 0 Å². The third-order valence-electron chi connectivity index (χ3n) is 4.15. The second-order valence-electron chi connectivity index (χ2n) is 6.24. The smallest absolute Gasteiger partial charge is 0.399 e. The monoisotopic (exact) mass is 321 g/mol. The summed E-state index contributed by atoms with van der Waals surface area (Å²) in [4.78, 5) is 0. The van der Waals surface area contributed by atoms with Crippen LogP contribution < -0.4 is 11.2 Å². The van der Waals surface area contributed by atoms with Gasteiger partial charge in [0.15, 0.2) is 11.0 Å². The molecule has 3 heterocycles. The Balaban J connectivity index is 1.91. The number of aromatic nitrogens is 4. The Bertz CT molecular complexity index is 702. The molecule has 0 saturated carbocycles. The Morgan fingerprint density at radius 2 is 1.82 bits per heavy atom. The van der Waals surface area contributed by atoms with Crippen LogP contribution in [0.4, 0.5) is 5.82 Å². The van der Waals surface area contributed by atoms with Gasteiger partial charge in [0.1, 0.15) is 5.69 Å². The highest BCUT2D eigenvalue weighted by atomic mass is 35.5. The fourth-order valence-corrected chi connectivity index (χ4v) is 2.26. The molecule has 2 N–H and O–H groups in total. The zero-order chi connectivity index (χ0) is 16.1. The van der Waals surface area contributed by atoms with Crippen molar-refractivity contribution in [2.24, 2.45) is 0 Å². The number of anilines is 1. The maximum atomic E-state index is 5.99. The van der Waals surface area contributed by atoms with E-state index in [1.165, 1.54) is 0 Å². The van der Waals surface area contributed by atoms with Crippen molar-refractivity contribution in [3.63, 3.8) is 0 Å². The Hall–Kier alpha value is -1.64. The first kappa shape index (κ1) is 15.3. The first-order valence-corrected chi connectivity index (χ1v) is 7.27. The summed E-state index contributed by atoms with van der Waals surface area (Å²) in [6.45, 7) is 8.01. The van der Waals surface area contributed by atoms with Crippen molar-refractivity contribution in [2.75, 3.05) is 5.73 Å². The van der Waals surface area contributed by atoms with Gasteiger partial charge in [-0.3, -0.25) is 0 Å². The lowest BCUT2D eigenvalue weighted by Crippen LogP contribution is -2.41. The normalized spacial score (nSPS) is 19.6. The van der Waals surface area contributed by atoms with Crippen LogP contribution in [-0.4, -0.2) is 38.3 Å². The lowest BCUT2D eigenvalue weighted by Gasteiger charge is -2.32. The summed E-state index contributed by atoms with van der Waals surface area (Å²) in [5, 5.41) is 12.0. The van der Waals surface area contributed by atoms with E-state index in [0.717, 1.165) is 5.46 Å². The van der Waals surface area contributed by atoms with E-state index < -0.39 is 18.3 Å². The standard InChI is InChI=1S/C13H17BClN5O2/c1-12(2)13(3,4)22-14(21-12)8-6-17-20(7-8)9-5-10(15)18-19-11(9)16/h5-7H,1-4H3,(H2,16,19). The molecule has 116 valence electrons. The predicted octanol–water partition coefficient (Wildman–Crippen LogP) is 1.20. The van der Waals surface area contributed by atoms with E-state index in [0.29, 0.717) is 5.69 Å². The number of hydrogen-bond acceptors (Lipinski definition) is 6. The van der Waals surface area contributed by atoms with Crippen LogP contribution in [0.5, 0.6) is 0 Å². The molecule has 0 aromatic carbocycles. The molecule has 0 amide bonds. The second-order valence-corrected chi connectivity index (χ2v) is 6.63. The van der Waals surface area contributed by atoms with Gasteiger partial charge in [0.2, 0.25) is 0 Å². The molecule has 0 unspecified atom stereocenters. The highest BCUT2D eigenvalue weighted by Gasteiger charge is 2.52. The van der Waals surface area contributed by atoms with Gasteiger partial charge in [-0.2, -0.15) is 5.10 Å². The van der Waals surface area contributed by atoms with Crippen molar-refractivity contribution in [1.82, 2.24) is 20.0 Å². The first-order chi connectivity index (χ1) is 10.2. The fourth-order valence-electron chi connectivity index (χ4n) is 2.12. The van der Waals surface area contributed by atoms with Crippen LogP contribution in [0.3, 0.4) is 0 Å². The number of nitrogens with two attached hydrogens (primary N) is 1. The van der Waals surface area contributed by atoms with Crippen molar-refractivity contribution >= 4 is 30.0 Å². The van der Waals surface area contributed by atoms with E-state index in [4.69, 9.17) is 26.6 Å². The molecule has 3 rings (SSSR count). The molecule has 7 nitrogen and oxygen atoms in total. The van der Waals surface area contributed by atoms with Crippen molar-refractivity contribution in [2.45, 2.75) is 38.9 Å². The van der Waals surface area contributed by atoms with Crippen LogP contribution in [0, 0.1) is 0 Å². The van der Waals surface area contributed by atoms with Gasteiger partial charge in [-0.1, -0.05) is 11.6 Å². The van der Waals surface area contributed by atoms with E-state index in [-0.39, 0.29) is 11.0 Å². The zero-order valence-electron chi connectivity index (χ0n) is 12.9. The topological polar surface area (TPSA) is 88.1 Å². The number of hydrogen-bond donors (Lipinski definition) is 1. The number of nitrogens with zero attached hydrogens (tertiary/aromatic N) is 4. The fraction of sp³-hybridized carbons (Fsp3) is 0.462. The first-order valence-electron chi connectivity index (χ1n) is 6.89. The quantitative estimate of drug-likeness (QED) is 0.836. The second kappa shape index (κ2) is 4.94. The maximum absolute atomic E-state index is 5.99. The minimum atomic E-state index is -0.481. The molecule has 1 aliphatic heterocycles.